The molecule has 0 heterocycles. The Balaban J connectivity index is 2.42. The van der Waals surface area contributed by atoms with Crippen molar-refractivity contribution in [3.63, 3.8) is 0 Å². The molecule has 0 aliphatic heterocycles. The number of hydrogen-bond donors (Lipinski definition) is 1. The van der Waals surface area contributed by atoms with Gasteiger partial charge < -0.3 is 5.32 Å². The third-order valence-corrected chi connectivity index (χ3v) is 3.32. The Hall–Kier alpha value is -1.86. The Kier molecular flexibility index (Phi) is 7.49. The van der Waals surface area contributed by atoms with Gasteiger partial charge in [-0.2, -0.15) is 5.26 Å². The molecule has 0 spiro atoms. The van der Waals surface area contributed by atoms with Crippen molar-refractivity contribution in [2.75, 3.05) is 6.54 Å². The highest BCUT2D eigenvalue weighted by Crippen LogP contribution is 2.13. The second-order valence-corrected chi connectivity index (χ2v) is 5.24. The summed E-state index contributed by atoms with van der Waals surface area (Å²) >= 11 is 5.80. The molecule has 0 aliphatic carbocycles. The second kappa shape index (κ2) is 9.15. The molecule has 1 aromatic carbocycles. The van der Waals surface area contributed by atoms with E-state index in [-0.39, 0.29) is 12.2 Å². The smallest absolute Gasteiger partial charge is 0.244 e. The van der Waals surface area contributed by atoms with Crippen LogP contribution in [-0.2, 0) is 16.0 Å². The summed E-state index contributed by atoms with van der Waals surface area (Å²) in [5, 5.41) is 12.2. The highest BCUT2D eigenvalue weighted by atomic mass is 35.5. The zero-order valence-electron chi connectivity index (χ0n) is 12.1. The van der Waals surface area contributed by atoms with E-state index in [9.17, 15) is 9.59 Å². The minimum Gasteiger partial charge on any atom is -0.355 e. The number of carbonyl (C=O) groups excluding carboxylic acids is 2. The van der Waals surface area contributed by atoms with Gasteiger partial charge in [-0.05, 0) is 37.0 Å². The maximum atomic E-state index is 11.9. The first-order chi connectivity index (χ1) is 10.1. The summed E-state index contributed by atoms with van der Waals surface area (Å²) in [6, 6.07) is 9.20. The first-order valence-corrected chi connectivity index (χ1v) is 7.40. The van der Waals surface area contributed by atoms with Crippen LogP contribution in [0.1, 0.15) is 31.7 Å². The molecule has 0 aliphatic rings. The average Bonchev–Trinajstić information content (AvgIpc) is 2.48. The van der Waals surface area contributed by atoms with Crippen molar-refractivity contribution in [1.82, 2.24) is 5.32 Å². The van der Waals surface area contributed by atoms with Gasteiger partial charge in [0.2, 0.25) is 5.91 Å². The van der Waals surface area contributed by atoms with E-state index < -0.39 is 11.8 Å². The van der Waals surface area contributed by atoms with Crippen LogP contribution in [-0.4, -0.2) is 18.2 Å². The fourth-order valence-electron chi connectivity index (χ4n) is 1.89. The average molecular weight is 307 g/mol. The molecule has 0 radical (unpaired) electrons. The molecular formula is C16H19ClN2O2. The molecule has 0 saturated heterocycles. The van der Waals surface area contributed by atoms with Crippen LogP contribution in [0, 0.1) is 17.2 Å². The van der Waals surface area contributed by atoms with Gasteiger partial charge in [0.25, 0.3) is 0 Å². The van der Waals surface area contributed by atoms with Crippen LogP contribution >= 0.6 is 11.6 Å². The first-order valence-electron chi connectivity index (χ1n) is 7.03. The van der Waals surface area contributed by atoms with E-state index in [0.29, 0.717) is 18.0 Å². The van der Waals surface area contributed by atoms with E-state index >= 15 is 0 Å². The van der Waals surface area contributed by atoms with Gasteiger partial charge in [0.15, 0.2) is 11.7 Å². The number of benzene rings is 1. The molecule has 0 aromatic heterocycles. The minimum atomic E-state index is -1.19. The van der Waals surface area contributed by atoms with E-state index in [1.807, 2.05) is 19.1 Å². The molecule has 1 unspecified atom stereocenters. The molecule has 21 heavy (non-hydrogen) atoms. The third-order valence-electron chi connectivity index (χ3n) is 3.06. The summed E-state index contributed by atoms with van der Waals surface area (Å²) < 4.78 is 0. The van der Waals surface area contributed by atoms with E-state index in [4.69, 9.17) is 16.9 Å². The van der Waals surface area contributed by atoms with Crippen LogP contribution in [0.5, 0.6) is 0 Å². The number of ketones is 1. The Morgan fingerprint density at radius 2 is 2.00 bits per heavy atom. The fourth-order valence-corrected chi connectivity index (χ4v) is 2.02. The van der Waals surface area contributed by atoms with Gasteiger partial charge in [-0.1, -0.05) is 30.7 Å². The SMILES string of the molecule is CCCNC(=O)C(C#N)C(=O)CCCc1ccc(Cl)cc1. The number of carbonyl (C=O) groups is 2. The number of nitrogens with zero attached hydrogens (tertiary/aromatic N) is 1. The summed E-state index contributed by atoms with van der Waals surface area (Å²) in [5.74, 6) is -2.00. The van der Waals surface area contributed by atoms with Gasteiger partial charge in [-0.15, -0.1) is 0 Å². The molecule has 1 rings (SSSR count). The van der Waals surface area contributed by atoms with Crippen molar-refractivity contribution < 1.29 is 9.59 Å². The van der Waals surface area contributed by atoms with Crippen LogP contribution in [0.3, 0.4) is 0 Å². The van der Waals surface area contributed by atoms with Crippen molar-refractivity contribution in [3.05, 3.63) is 34.9 Å². The van der Waals surface area contributed by atoms with E-state index in [2.05, 4.69) is 5.32 Å². The number of rotatable bonds is 8. The monoisotopic (exact) mass is 306 g/mol. The number of Topliss-reactive ketones (excluding diaryl/α,β-unsaturated/α-hetero) is 1. The van der Waals surface area contributed by atoms with Crippen molar-refractivity contribution in [2.24, 2.45) is 5.92 Å². The highest BCUT2D eigenvalue weighted by Gasteiger charge is 2.25. The fraction of sp³-hybridized carbons (Fsp3) is 0.438. The highest BCUT2D eigenvalue weighted by molar-refractivity contribution is 6.30. The molecule has 0 saturated carbocycles. The van der Waals surface area contributed by atoms with Gasteiger partial charge in [0.05, 0.1) is 6.07 Å². The van der Waals surface area contributed by atoms with Gasteiger partial charge in [-0.25, -0.2) is 0 Å². The Morgan fingerprint density at radius 1 is 1.33 bits per heavy atom. The van der Waals surface area contributed by atoms with Crippen molar-refractivity contribution >= 4 is 23.3 Å². The van der Waals surface area contributed by atoms with Crippen LogP contribution in [0.4, 0.5) is 0 Å². The maximum absolute atomic E-state index is 11.9. The lowest BCUT2D eigenvalue weighted by molar-refractivity contribution is -0.131. The lowest BCUT2D eigenvalue weighted by Crippen LogP contribution is -2.35. The van der Waals surface area contributed by atoms with Crippen LogP contribution < -0.4 is 5.32 Å². The zero-order chi connectivity index (χ0) is 15.7. The summed E-state index contributed by atoms with van der Waals surface area (Å²) in [6.45, 7) is 2.39. The number of nitriles is 1. The van der Waals surface area contributed by atoms with Crippen molar-refractivity contribution in [2.45, 2.75) is 32.6 Å². The van der Waals surface area contributed by atoms with Gasteiger partial charge in [0.1, 0.15) is 0 Å². The van der Waals surface area contributed by atoms with Crippen LogP contribution in [0.15, 0.2) is 24.3 Å². The van der Waals surface area contributed by atoms with Gasteiger partial charge >= 0.3 is 0 Å². The summed E-state index contributed by atoms with van der Waals surface area (Å²) in [6.07, 6.45) is 2.33. The Bertz CT molecular complexity index is 520. The summed E-state index contributed by atoms with van der Waals surface area (Å²) in [5.41, 5.74) is 1.08. The molecular weight excluding hydrogens is 288 g/mol. The summed E-state index contributed by atoms with van der Waals surface area (Å²) in [4.78, 5) is 23.6. The quantitative estimate of drug-likeness (QED) is 0.751. The Labute approximate surface area is 130 Å². The van der Waals surface area contributed by atoms with E-state index in [1.54, 1.807) is 18.2 Å². The number of hydrogen-bond acceptors (Lipinski definition) is 3. The zero-order valence-corrected chi connectivity index (χ0v) is 12.8. The predicted molar refractivity (Wildman–Crippen MR) is 81.8 cm³/mol. The molecule has 4 nitrogen and oxygen atoms in total. The number of nitrogens with one attached hydrogen (secondary N) is 1. The molecule has 1 atom stereocenters. The molecule has 0 fully saturated rings. The van der Waals surface area contributed by atoms with Crippen LogP contribution in [0.2, 0.25) is 5.02 Å². The van der Waals surface area contributed by atoms with E-state index in [1.165, 1.54) is 0 Å². The van der Waals surface area contributed by atoms with Crippen LogP contribution in [0.25, 0.3) is 0 Å². The van der Waals surface area contributed by atoms with E-state index in [0.717, 1.165) is 18.4 Å². The predicted octanol–water partition coefficient (Wildman–Crippen LogP) is 2.90. The first kappa shape index (κ1) is 17.2. The molecule has 0 bridgehead atoms. The molecule has 112 valence electrons. The maximum Gasteiger partial charge on any atom is 0.244 e. The number of amides is 1. The van der Waals surface area contributed by atoms with Gasteiger partial charge in [0, 0.05) is 18.0 Å². The van der Waals surface area contributed by atoms with Gasteiger partial charge in [-0.3, -0.25) is 9.59 Å². The molecule has 1 amide bonds. The largest absolute Gasteiger partial charge is 0.355 e. The van der Waals surface area contributed by atoms with Crippen molar-refractivity contribution in [1.29, 1.82) is 5.26 Å². The number of halogens is 1. The minimum absolute atomic E-state index is 0.223. The number of aryl methyl sites for hydroxylation is 1. The third kappa shape index (κ3) is 5.97. The van der Waals surface area contributed by atoms with Crippen molar-refractivity contribution in [3.8, 4) is 6.07 Å². The molecule has 5 heteroatoms. The lowest BCUT2D eigenvalue weighted by Gasteiger charge is -2.08. The molecule has 1 aromatic rings. The molecule has 1 N–H and O–H groups in total. The summed E-state index contributed by atoms with van der Waals surface area (Å²) in [7, 11) is 0. The standard InChI is InChI=1S/C16H19ClN2O2/c1-2-10-19-16(21)14(11-18)15(20)5-3-4-12-6-8-13(17)9-7-12/h6-9,14H,2-5,10H2,1H3,(H,19,21). The lowest BCUT2D eigenvalue weighted by atomic mass is 9.98. The topological polar surface area (TPSA) is 70.0 Å². The second-order valence-electron chi connectivity index (χ2n) is 4.80. The Morgan fingerprint density at radius 3 is 2.57 bits per heavy atom. The normalized spacial score (nSPS) is 11.5.